The molecule has 0 atom stereocenters. The van der Waals surface area contributed by atoms with Crippen molar-refractivity contribution in [1.29, 1.82) is 0 Å². The van der Waals surface area contributed by atoms with Gasteiger partial charge in [-0.05, 0) is 18.9 Å². The summed E-state index contributed by atoms with van der Waals surface area (Å²) in [4.78, 5) is 27.2. The lowest BCUT2D eigenvalue weighted by Crippen LogP contribution is -2.31. The Bertz CT molecular complexity index is 519. The Morgan fingerprint density at radius 2 is 2.20 bits per heavy atom. The second kappa shape index (κ2) is 6.53. The van der Waals surface area contributed by atoms with Gasteiger partial charge in [-0.1, -0.05) is 11.6 Å². The van der Waals surface area contributed by atoms with Gasteiger partial charge in [0.05, 0.1) is 10.6 Å². The van der Waals surface area contributed by atoms with Crippen molar-refractivity contribution in [2.24, 2.45) is 5.84 Å². The highest BCUT2D eigenvalue weighted by atomic mass is 35.5. The van der Waals surface area contributed by atoms with Crippen molar-refractivity contribution in [2.45, 2.75) is 25.3 Å². The van der Waals surface area contributed by atoms with E-state index >= 15 is 0 Å². The Kier molecular flexibility index (Phi) is 4.75. The zero-order valence-electron chi connectivity index (χ0n) is 10.8. The number of amides is 2. The molecule has 2 rings (SSSR count). The number of carbonyl (C=O) groups excluding carboxylic acids is 2. The predicted octanol–water partition coefficient (Wildman–Crippen LogP) is 0.419. The number of nitrogen functional groups attached to an aromatic ring is 1. The average Bonchev–Trinajstić information content (AvgIpc) is 3.22. The number of carbonyl (C=O) groups is 2. The summed E-state index contributed by atoms with van der Waals surface area (Å²) < 4.78 is 0. The van der Waals surface area contributed by atoms with Crippen molar-refractivity contribution in [3.05, 3.63) is 22.8 Å². The maximum absolute atomic E-state index is 11.8. The van der Waals surface area contributed by atoms with Crippen molar-refractivity contribution in [2.75, 3.05) is 12.0 Å². The Hall–Kier alpha value is -1.86. The van der Waals surface area contributed by atoms with Gasteiger partial charge >= 0.3 is 0 Å². The van der Waals surface area contributed by atoms with Gasteiger partial charge in [0, 0.05) is 25.2 Å². The number of halogens is 1. The fraction of sp³-hybridized carbons (Fsp3) is 0.417. The molecule has 20 heavy (non-hydrogen) atoms. The van der Waals surface area contributed by atoms with Crippen LogP contribution in [-0.4, -0.2) is 29.4 Å². The molecule has 2 amide bonds. The SMILES string of the molecule is NNc1ncc(C(=O)NCCC(=O)NC2CC2)cc1Cl. The maximum atomic E-state index is 11.8. The third-order valence-corrected chi connectivity index (χ3v) is 3.11. The van der Waals surface area contributed by atoms with Crippen molar-refractivity contribution in [1.82, 2.24) is 15.6 Å². The molecule has 1 aromatic rings. The van der Waals surface area contributed by atoms with Gasteiger partial charge in [0.15, 0.2) is 5.82 Å². The lowest BCUT2D eigenvalue weighted by molar-refractivity contribution is -0.121. The number of hydrogen-bond donors (Lipinski definition) is 4. The minimum atomic E-state index is -0.331. The van der Waals surface area contributed by atoms with Crippen LogP contribution in [0.3, 0.4) is 0 Å². The van der Waals surface area contributed by atoms with Crippen LogP contribution in [0.25, 0.3) is 0 Å². The number of hydrazine groups is 1. The maximum Gasteiger partial charge on any atom is 0.252 e. The van der Waals surface area contributed by atoms with Gasteiger partial charge < -0.3 is 16.1 Å². The monoisotopic (exact) mass is 297 g/mol. The van der Waals surface area contributed by atoms with Crippen molar-refractivity contribution in [3.8, 4) is 0 Å². The molecular weight excluding hydrogens is 282 g/mol. The second-order valence-corrected chi connectivity index (χ2v) is 4.95. The third kappa shape index (κ3) is 4.07. The van der Waals surface area contributed by atoms with E-state index in [1.807, 2.05) is 0 Å². The number of rotatable bonds is 6. The van der Waals surface area contributed by atoms with Crippen molar-refractivity contribution in [3.63, 3.8) is 0 Å². The van der Waals surface area contributed by atoms with Gasteiger partial charge in [0.25, 0.3) is 5.91 Å². The molecule has 1 saturated carbocycles. The predicted molar refractivity (Wildman–Crippen MR) is 75.2 cm³/mol. The second-order valence-electron chi connectivity index (χ2n) is 4.55. The van der Waals surface area contributed by atoms with Gasteiger partial charge in [-0.3, -0.25) is 9.59 Å². The van der Waals surface area contributed by atoms with Crippen LogP contribution < -0.4 is 21.9 Å². The highest BCUT2D eigenvalue weighted by Crippen LogP contribution is 2.19. The summed E-state index contributed by atoms with van der Waals surface area (Å²) in [6, 6.07) is 1.79. The molecule has 1 fully saturated rings. The van der Waals surface area contributed by atoms with Crippen LogP contribution in [0.15, 0.2) is 12.3 Å². The minimum absolute atomic E-state index is 0.0494. The molecule has 1 aliphatic rings. The van der Waals surface area contributed by atoms with Crippen LogP contribution in [0.2, 0.25) is 5.02 Å². The molecule has 0 saturated heterocycles. The van der Waals surface area contributed by atoms with Crippen LogP contribution >= 0.6 is 11.6 Å². The van der Waals surface area contributed by atoms with Gasteiger partial charge in [0.2, 0.25) is 5.91 Å². The van der Waals surface area contributed by atoms with Crippen molar-refractivity contribution < 1.29 is 9.59 Å². The summed E-state index contributed by atoms with van der Waals surface area (Å²) in [5, 5.41) is 5.74. The van der Waals surface area contributed by atoms with E-state index in [9.17, 15) is 9.59 Å². The first kappa shape index (κ1) is 14.5. The quantitative estimate of drug-likeness (QED) is 0.449. The van der Waals surface area contributed by atoms with E-state index in [-0.39, 0.29) is 29.8 Å². The summed E-state index contributed by atoms with van der Waals surface area (Å²) in [6.07, 6.45) is 3.71. The molecule has 108 valence electrons. The molecule has 1 aromatic heterocycles. The first-order chi connectivity index (χ1) is 9.60. The van der Waals surface area contributed by atoms with Gasteiger partial charge in [-0.25, -0.2) is 10.8 Å². The highest BCUT2D eigenvalue weighted by Gasteiger charge is 2.22. The lowest BCUT2D eigenvalue weighted by atomic mass is 10.2. The van der Waals surface area contributed by atoms with Gasteiger partial charge in [0.1, 0.15) is 0 Å². The Balaban J connectivity index is 1.78. The number of nitrogens with zero attached hydrogens (tertiary/aromatic N) is 1. The van der Waals surface area contributed by atoms with Gasteiger partial charge in [-0.2, -0.15) is 0 Å². The molecule has 0 aliphatic heterocycles. The minimum Gasteiger partial charge on any atom is -0.353 e. The number of pyridine rings is 1. The number of aromatic nitrogens is 1. The lowest BCUT2D eigenvalue weighted by Gasteiger charge is -2.07. The van der Waals surface area contributed by atoms with E-state index in [0.29, 0.717) is 17.4 Å². The molecule has 0 bridgehead atoms. The largest absolute Gasteiger partial charge is 0.353 e. The smallest absolute Gasteiger partial charge is 0.252 e. The fourth-order valence-electron chi connectivity index (χ4n) is 1.59. The summed E-state index contributed by atoms with van der Waals surface area (Å²) in [7, 11) is 0. The molecule has 5 N–H and O–H groups in total. The van der Waals surface area contributed by atoms with E-state index in [1.54, 1.807) is 0 Å². The Labute approximate surface area is 121 Å². The van der Waals surface area contributed by atoms with E-state index in [1.165, 1.54) is 12.3 Å². The first-order valence-electron chi connectivity index (χ1n) is 6.30. The number of hydrogen-bond acceptors (Lipinski definition) is 5. The molecular formula is C12H16ClN5O2. The van der Waals surface area contributed by atoms with Gasteiger partial charge in [-0.15, -0.1) is 0 Å². The normalized spacial score (nSPS) is 13.7. The molecule has 0 aromatic carbocycles. The van der Waals surface area contributed by atoms with Crippen LogP contribution in [-0.2, 0) is 4.79 Å². The molecule has 7 nitrogen and oxygen atoms in total. The first-order valence-corrected chi connectivity index (χ1v) is 6.67. The topological polar surface area (TPSA) is 109 Å². The Morgan fingerprint density at radius 1 is 1.45 bits per heavy atom. The molecule has 8 heteroatoms. The molecule has 1 aliphatic carbocycles. The number of nitrogens with two attached hydrogens (primary N) is 1. The van der Waals surface area contributed by atoms with Crippen LogP contribution in [0, 0.1) is 0 Å². The molecule has 0 radical (unpaired) electrons. The summed E-state index contributed by atoms with van der Waals surface area (Å²) in [5.41, 5.74) is 2.63. The van der Waals surface area contributed by atoms with E-state index in [4.69, 9.17) is 17.4 Å². The highest BCUT2D eigenvalue weighted by molar-refractivity contribution is 6.33. The van der Waals surface area contributed by atoms with E-state index < -0.39 is 0 Å². The third-order valence-electron chi connectivity index (χ3n) is 2.82. The fourth-order valence-corrected chi connectivity index (χ4v) is 1.81. The summed E-state index contributed by atoms with van der Waals surface area (Å²) in [6.45, 7) is 0.270. The average molecular weight is 298 g/mol. The zero-order valence-corrected chi connectivity index (χ0v) is 11.5. The molecule has 0 spiro atoms. The molecule has 0 unspecified atom stereocenters. The van der Waals surface area contributed by atoms with Crippen molar-refractivity contribution >= 4 is 29.2 Å². The molecule has 1 heterocycles. The summed E-state index contributed by atoms with van der Waals surface area (Å²) >= 11 is 5.87. The van der Waals surface area contributed by atoms with E-state index in [0.717, 1.165) is 12.8 Å². The summed E-state index contributed by atoms with van der Waals surface area (Å²) in [5.74, 6) is 5.11. The van der Waals surface area contributed by atoms with Crippen LogP contribution in [0.4, 0.5) is 5.82 Å². The van der Waals surface area contributed by atoms with Crippen LogP contribution in [0.5, 0.6) is 0 Å². The van der Waals surface area contributed by atoms with E-state index in [2.05, 4.69) is 21.0 Å². The zero-order chi connectivity index (χ0) is 14.5. The number of nitrogens with one attached hydrogen (secondary N) is 3. The Morgan fingerprint density at radius 3 is 2.80 bits per heavy atom. The standard InChI is InChI=1S/C12H16ClN5O2/c13-9-5-7(6-16-11(9)18-14)12(20)15-4-3-10(19)17-8-1-2-8/h5-6,8H,1-4,14H2,(H,15,20)(H,16,18)(H,17,19). The van der Waals surface area contributed by atoms with Crippen LogP contribution in [0.1, 0.15) is 29.6 Å². The number of anilines is 1.